The van der Waals surface area contributed by atoms with Gasteiger partial charge in [0.25, 0.3) is 0 Å². The molecule has 0 spiro atoms. The maximum atomic E-state index is 11.7. The fourth-order valence-electron chi connectivity index (χ4n) is 2.10. The van der Waals surface area contributed by atoms with Crippen LogP contribution in [-0.2, 0) is 9.53 Å². The maximum Gasteiger partial charge on any atom is 0.416 e. The van der Waals surface area contributed by atoms with Crippen molar-refractivity contribution < 1.29 is 23.8 Å². The van der Waals surface area contributed by atoms with Crippen LogP contribution in [0, 0.1) is 0 Å². The van der Waals surface area contributed by atoms with Crippen molar-refractivity contribution in [3.63, 3.8) is 0 Å². The lowest BCUT2D eigenvalue weighted by atomic mass is 10.3. The summed E-state index contributed by atoms with van der Waals surface area (Å²) in [6.45, 7) is 3.46. The van der Waals surface area contributed by atoms with Gasteiger partial charge in [-0.05, 0) is 49.4 Å². The second-order valence-corrected chi connectivity index (χ2v) is 5.69. The molecule has 2 aromatic rings. The fourth-order valence-corrected chi connectivity index (χ4v) is 2.28. The first-order chi connectivity index (χ1) is 12.5. The van der Waals surface area contributed by atoms with Crippen molar-refractivity contribution >= 4 is 23.6 Å². The van der Waals surface area contributed by atoms with Crippen LogP contribution < -0.4 is 9.47 Å². The Morgan fingerprint density at radius 2 is 1.73 bits per heavy atom. The molecule has 0 heterocycles. The van der Waals surface area contributed by atoms with Crippen LogP contribution in [0.3, 0.4) is 0 Å². The van der Waals surface area contributed by atoms with E-state index in [-0.39, 0.29) is 19.8 Å². The number of nitrogens with zero attached hydrogens (tertiary/aromatic N) is 1. The van der Waals surface area contributed by atoms with E-state index in [2.05, 4.69) is 0 Å². The molecule has 0 radical (unpaired) electrons. The Labute approximate surface area is 157 Å². The second kappa shape index (κ2) is 9.68. The lowest BCUT2D eigenvalue weighted by molar-refractivity contribution is -0.127. The largest absolute Gasteiger partial charge is 0.492 e. The van der Waals surface area contributed by atoms with E-state index in [0.29, 0.717) is 22.3 Å². The Kier molecular flexibility index (Phi) is 7.29. The molecule has 2 aromatic carbocycles. The van der Waals surface area contributed by atoms with E-state index in [9.17, 15) is 9.59 Å². The molecule has 0 saturated heterocycles. The smallest absolute Gasteiger partial charge is 0.416 e. The Hall–Kier alpha value is -2.73. The minimum absolute atomic E-state index is 0.106. The standard InChI is InChI=1S/C19H20ClNO5/c1-3-24-19(23)21(14(2)22)11-12-25-16-7-9-17(10-8-16)26-18-6-4-5-15(20)13-18/h4-10,13H,3,11-12H2,1-2H3. The molecular weight excluding hydrogens is 358 g/mol. The summed E-state index contributed by atoms with van der Waals surface area (Å²) in [7, 11) is 0. The first-order valence-electron chi connectivity index (χ1n) is 8.10. The van der Waals surface area contributed by atoms with E-state index in [1.165, 1.54) is 6.92 Å². The number of halogens is 1. The zero-order chi connectivity index (χ0) is 18.9. The van der Waals surface area contributed by atoms with Gasteiger partial charge in [-0.2, -0.15) is 0 Å². The van der Waals surface area contributed by atoms with E-state index < -0.39 is 12.0 Å². The van der Waals surface area contributed by atoms with Crippen molar-refractivity contribution in [1.82, 2.24) is 4.90 Å². The average molecular weight is 378 g/mol. The number of rotatable bonds is 7. The Balaban J connectivity index is 1.86. The first-order valence-corrected chi connectivity index (χ1v) is 8.48. The summed E-state index contributed by atoms with van der Waals surface area (Å²) in [5, 5.41) is 0.596. The third kappa shape index (κ3) is 5.97. The first kappa shape index (κ1) is 19.6. The molecular formula is C19H20ClNO5. The SMILES string of the molecule is CCOC(=O)N(CCOc1ccc(Oc2cccc(Cl)c2)cc1)C(C)=O. The highest BCUT2D eigenvalue weighted by Crippen LogP contribution is 2.25. The van der Waals surface area contributed by atoms with Crippen LogP contribution >= 0.6 is 11.6 Å². The minimum Gasteiger partial charge on any atom is -0.492 e. The molecule has 138 valence electrons. The van der Waals surface area contributed by atoms with Crippen LogP contribution in [0.15, 0.2) is 48.5 Å². The maximum absolute atomic E-state index is 11.7. The van der Waals surface area contributed by atoms with Crippen LogP contribution in [0.25, 0.3) is 0 Å². The number of imide groups is 1. The van der Waals surface area contributed by atoms with E-state index in [4.69, 9.17) is 25.8 Å². The number of carbonyl (C=O) groups excluding carboxylic acids is 2. The van der Waals surface area contributed by atoms with E-state index in [0.717, 1.165) is 4.90 Å². The van der Waals surface area contributed by atoms with Gasteiger partial charge in [-0.15, -0.1) is 0 Å². The van der Waals surface area contributed by atoms with Crippen molar-refractivity contribution in [2.24, 2.45) is 0 Å². The highest BCUT2D eigenvalue weighted by atomic mass is 35.5. The zero-order valence-corrected chi connectivity index (χ0v) is 15.4. The summed E-state index contributed by atoms with van der Waals surface area (Å²) < 4.78 is 16.1. The quantitative estimate of drug-likeness (QED) is 0.710. The highest BCUT2D eigenvalue weighted by molar-refractivity contribution is 6.30. The highest BCUT2D eigenvalue weighted by Gasteiger charge is 2.18. The summed E-state index contributed by atoms with van der Waals surface area (Å²) in [6, 6.07) is 14.1. The lowest BCUT2D eigenvalue weighted by Crippen LogP contribution is -2.38. The van der Waals surface area contributed by atoms with Gasteiger partial charge in [-0.3, -0.25) is 4.79 Å². The predicted octanol–water partition coefficient (Wildman–Crippen LogP) is 4.52. The number of carbonyl (C=O) groups is 2. The molecule has 0 N–H and O–H groups in total. The average Bonchev–Trinajstić information content (AvgIpc) is 2.60. The van der Waals surface area contributed by atoms with Gasteiger partial charge in [0.15, 0.2) is 0 Å². The number of benzene rings is 2. The minimum atomic E-state index is -0.672. The number of hydrogen-bond acceptors (Lipinski definition) is 5. The molecule has 0 aliphatic carbocycles. The summed E-state index contributed by atoms with van der Waals surface area (Å²) >= 11 is 5.92. The molecule has 7 heteroatoms. The molecule has 0 aliphatic heterocycles. The summed E-state index contributed by atoms with van der Waals surface area (Å²) in [5.74, 6) is 1.47. The molecule has 26 heavy (non-hydrogen) atoms. The van der Waals surface area contributed by atoms with E-state index >= 15 is 0 Å². The topological polar surface area (TPSA) is 65.1 Å². The van der Waals surface area contributed by atoms with Gasteiger partial charge in [-0.1, -0.05) is 17.7 Å². The third-order valence-corrected chi connectivity index (χ3v) is 3.54. The van der Waals surface area contributed by atoms with Crippen molar-refractivity contribution in [3.05, 3.63) is 53.6 Å². The van der Waals surface area contributed by atoms with Crippen LogP contribution in [0.1, 0.15) is 13.8 Å². The van der Waals surface area contributed by atoms with Crippen LogP contribution in [0.2, 0.25) is 5.02 Å². The van der Waals surface area contributed by atoms with Gasteiger partial charge in [0.2, 0.25) is 5.91 Å². The second-order valence-electron chi connectivity index (χ2n) is 5.25. The van der Waals surface area contributed by atoms with Crippen molar-refractivity contribution in [2.45, 2.75) is 13.8 Å². The van der Waals surface area contributed by atoms with Crippen molar-refractivity contribution in [3.8, 4) is 17.2 Å². The number of amides is 2. The number of hydrogen-bond donors (Lipinski definition) is 0. The van der Waals surface area contributed by atoms with Crippen molar-refractivity contribution in [1.29, 1.82) is 0 Å². The zero-order valence-electron chi connectivity index (χ0n) is 14.6. The van der Waals surface area contributed by atoms with E-state index in [1.807, 2.05) is 6.07 Å². The summed E-state index contributed by atoms with van der Waals surface area (Å²) in [6.07, 6.45) is -0.672. The Morgan fingerprint density at radius 1 is 1.04 bits per heavy atom. The summed E-state index contributed by atoms with van der Waals surface area (Å²) in [4.78, 5) is 24.2. The van der Waals surface area contributed by atoms with Crippen LogP contribution in [-0.4, -0.2) is 36.7 Å². The normalized spacial score (nSPS) is 10.1. The molecule has 0 bridgehead atoms. The molecule has 6 nitrogen and oxygen atoms in total. The predicted molar refractivity (Wildman–Crippen MR) is 97.9 cm³/mol. The molecule has 2 rings (SSSR count). The Bertz CT molecular complexity index is 748. The van der Waals surface area contributed by atoms with Gasteiger partial charge < -0.3 is 14.2 Å². The van der Waals surface area contributed by atoms with Gasteiger partial charge in [0.05, 0.1) is 13.2 Å². The summed E-state index contributed by atoms with van der Waals surface area (Å²) in [5.41, 5.74) is 0. The fraction of sp³-hybridized carbons (Fsp3) is 0.263. The lowest BCUT2D eigenvalue weighted by Gasteiger charge is -2.18. The van der Waals surface area contributed by atoms with Gasteiger partial charge in [-0.25, -0.2) is 9.69 Å². The molecule has 0 saturated carbocycles. The molecule has 2 amide bonds. The molecule has 0 fully saturated rings. The number of ether oxygens (including phenoxy) is 3. The van der Waals surface area contributed by atoms with Crippen LogP contribution in [0.5, 0.6) is 17.2 Å². The van der Waals surface area contributed by atoms with Crippen molar-refractivity contribution in [2.75, 3.05) is 19.8 Å². The molecule has 0 aliphatic rings. The monoisotopic (exact) mass is 377 g/mol. The molecule has 0 unspecified atom stereocenters. The molecule has 0 aromatic heterocycles. The third-order valence-electron chi connectivity index (χ3n) is 3.31. The van der Waals surface area contributed by atoms with Gasteiger partial charge in [0, 0.05) is 11.9 Å². The Morgan fingerprint density at radius 3 is 2.35 bits per heavy atom. The van der Waals surface area contributed by atoms with Gasteiger partial charge >= 0.3 is 6.09 Å². The van der Waals surface area contributed by atoms with Gasteiger partial charge in [0.1, 0.15) is 23.9 Å². The van der Waals surface area contributed by atoms with E-state index in [1.54, 1.807) is 49.4 Å². The molecule has 0 atom stereocenters. The van der Waals surface area contributed by atoms with Crippen LogP contribution in [0.4, 0.5) is 4.79 Å².